The number of non-ortho nitro benzene ring substituents is 1. The second-order valence-corrected chi connectivity index (χ2v) is 3.92. The van der Waals surface area contributed by atoms with E-state index < -0.39 is 4.92 Å². The molecule has 0 aliphatic heterocycles. The van der Waals surface area contributed by atoms with E-state index in [9.17, 15) is 14.9 Å². The van der Waals surface area contributed by atoms with Crippen LogP contribution in [-0.4, -0.2) is 22.4 Å². The number of nitro benzene ring substituents is 1. The van der Waals surface area contributed by atoms with E-state index in [0.29, 0.717) is 24.1 Å². The summed E-state index contributed by atoms with van der Waals surface area (Å²) in [6, 6.07) is 4.45. The first-order valence-corrected chi connectivity index (χ1v) is 5.63. The maximum Gasteiger partial charge on any atom is 0.295 e. The van der Waals surface area contributed by atoms with E-state index in [4.69, 9.17) is 10.2 Å². The molecule has 0 saturated carbocycles. The summed E-state index contributed by atoms with van der Waals surface area (Å²) >= 11 is 0. The van der Waals surface area contributed by atoms with Crippen molar-refractivity contribution in [1.82, 2.24) is 4.98 Å². The number of nitrogens with one attached hydrogen (secondary N) is 1. The summed E-state index contributed by atoms with van der Waals surface area (Å²) in [5.74, 6) is -0.366. The molecule has 8 nitrogen and oxygen atoms in total. The maximum atomic E-state index is 10.6. The number of anilines is 1. The lowest BCUT2D eigenvalue weighted by Gasteiger charge is -1.98. The number of hydrogen-bond acceptors (Lipinski definition) is 6. The second kappa shape index (κ2) is 5.34. The van der Waals surface area contributed by atoms with E-state index in [2.05, 4.69) is 10.3 Å². The molecule has 1 aromatic heterocycles. The highest BCUT2D eigenvalue weighted by Crippen LogP contribution is 2.23. The molecule has 0 fully saturated rings. The Morgan fingerprint density at radius 2 is 2.32 bits per heavy atom. The zero-order chi connectivity index (χ0) is 13.8. The minimum atomic E-state index is -0.492. The van der Waals surface area contributed by atoms with Gasteiger partial charge in [-0.3, -0.25) is 14.9 Å². The quantitative estimate of drug-likeness (QED) is 0.461. The minimum Gasteiger partial charge on any atom is -0.424 e. The average molecular weight is 264 g/mol. The zero-order valence-corrected chi connectivity index (χ0v) is 9.96. The molecule has 0 atom stereocenters. The first-order chi connectivity index (χ1) is 9.06. The second-order valence-electron chi connectivity index (χ2n) is 3.92. The number of nitrogens with zero attached hydrogens (tertiary/aromatic N) is 2. The number of nitro groups is 1. The lowest BCUT2D eigenvalue weighted by atomic mass is 10.3. The van der Waals surface area contributed by atoms with Crippen LogP contribution in [0.25, 0.3) is 11.1 Å². The summed E-state index contributed by atoms with van der Waals surface area (Å²) in [4.78, 5) is 24.7. The van der Waals surface area contributed by atoms with Gasteiger partial charge in [0.2, 0.25) is 5.91 Å². The molecule has 0 aliphatic rings. The van der Waals surface area contributed by atoms with Crippen LogP contribution in [0.2, 0.25) is 0 Å². The highest BCUT2D eigenvalue weighted by Gasteiger charge is 2.11. The van der Waals surface area contributed by atoms with Crippen LogP contribution in [0.15, 0.2) is 22.6 Å². The standard InChI is InChI=1S/C11H12N4O4/c12-10(16)2-1-5-13-11-14-8-6-7(15(17)18)3-4-9(8)19-11/h3-4,6H,1-2,5H2,(H2,12,16)(H,13,14). The van der Waals surface area contributed by atoms with Crippen LogP contribution >= 0.6 is 0 Å². The van der Waals surface area contributed by atoms with Gasteiger partial charge in [-0.15, -0.1) is 0 Å². The fourth-order valence-electron chi connectivity index (χ4n) is 1.56. The third kappa shape index (κ3) is 3.18. The molecular formula is C11H12N4O4. The molecule has 1 aromatic carbocycles. The molecule has 0 bridgehead atoms. The monoisotopic (exact) mass is 264 g/mol. The van der Waals surface area contributed by atoms with Crippen molar-refractivity contribution < 1.29 is 14.1 Å². The molecule has 2 rings (SSSR count). The van der Waals surface area contributed by atoms with E-state index in [1.165, 1.54) is 18.2 Å². The summed E-state index contributed by atoms with van der Waals surface area (Å²) in [5, 5.41) is 13.5. The summed E-state index contributed by atoms with van der Waals surface area (Å²) in [6.45, 7) is 0.484. The number of rotatable bonds is 6. The number of amides is 1. The summed E-state index contributed by atoms with van der Waals surface area (Å²) in [7, 11) is 0. The SMILES string of the molecule is NC(=O)CCCNc1nc2cc([N+](=O)[O-])ccc2o1. The molecule has 0 radical (unpaired) electrons. The summed E-state index contributed by atoms with van der Waals surface area (Å²) in [5.41, 5.74) is 5.84. The molecule has 8 heteroatoms. The molecule has 1 amide bonds. The highest BCUT2D eigenvalue weighted by atomic mass is 16.6. The van der Waals surface area contributed by atoms with Gasteiger partial charge in [0.05, 0.1) is 4.92 Å². The van der Waals surface area contributed by atoms with Crippen LogP contribution < -0.4 is 11.1 Å². The Hall–Kier alpha value is -2.64. The first kappa shape index (κ1) is 12.8. The van der Waals surface area contributed by atoms with Crippen LogP contribution in [-0.2, 0) is 4.79 Å². The molecule has 0 saturated heterocycles. The average Bonchev–Trinajstić information content (AvgIpc) is 2.75. The van der Waals surface area contributed by atoms with Gasteiger partial charge in [-0.25, -0.2) is 0 Å². The van der Waals surface area contributed by atoms with Crippen LogP contribution in [0.5, 0.6) is 0 Å². The van der Waals surface area contributed by atoms with Gasteiger partial charge in [0.1, 0.15) is 5.52 Å². The molecule has 1 heterocycles. The van der Waals surface area contributed by atoms with Crippen LogP contribution in [0.1, 0.15) is 12.8 Å². The van der Waals surface area contributed by atoms with E-state index in [-0.39, 0.29) is 24.0 Å². The van der Waals surface area contributed by atoms with Crippen LogP contribution in [0.4, 0.5) is 11.7 Å². The van der Waals surface area contributed by atoms with Gasteiger partial charge in [0, 0.05) is 25.1 Å². The predicted octanol–water partition coefficient (Wildman–Crippen LogP) is 1.41. The van der Waals surface area contributed by atoms with Gasteiger partial charge in [0.15, 0.2) is 5.58 Å². The van der Waals surface area contributed by atoms with Crippen molar-refractivity contribution >= 4 is 28.7 Å². The Morgan fingerprint density at radius 3 is 3.00 bits per heavy atom. The van der Waals surface area contributed by atoms with Gasteiger partial charge in [-0.2, -0.15) is 4.98 Å². The zero-order valence-electron chi connectivity index (χ0n) is 9.96. The lowest BCUT2D eigenvalue weighted by molar-refractivity contribution is -0.384. The lowest BCUT2D eigenvalue weighted by Crippen LogP contribution is -2.12. The Kier molecular flexibility index (Phi) is 3.60. The number of benzene rings is 1. The van der Waals surface area contributed by atoms with Crippen LogP contribution in [0, 0.1) is 10.1 Å². The Balaban J connectivity index is 2.04. The highest BCUT2D eigenvalue weighted by molar-refractivity contribution is 5.77. The molecule has 19 heavy (non-hydrogen) atoms. The molecule has 0 unspecified atom stereocenters. The third-order valence-corrected chi connectivity index (χ3v) is 2.46. The number of oxazole rings is 1. The van der Waals surface area contributed by atoms with Gasteiger partial charge < -0.3 is 15.5 Å². The van der Waals surface area contributed by atoms with E-state index >= 15 is 0 Å². The minimum absolute atomic E-state index is 0.0407. The molecule has 2 aromatic rings. The van der Waals surface area contributed by atoms with E-state index in [1.54, 1.807) is 0 Å². The molecule has 100 valence electrons. The number of aromatic nitrogens is 1. The summed E-state index contributed by atoms with van der Waals surface area (Å²) in [6.07, 6.45) is 0.840. The topological polar surface area (TPSA) is 124 Å². The van der Waals surface area contributed by atoms with Crippen molar-refractivity contribution in [2.24, 2.45) is 5.73 Å². The smallest absolute Gasteiger partial charge is 0.295 e. The Morgan fingerprint density at radius 1 is 1.53 bits per heavy atom. The first-order valence-electron chi connectivity index (χ1n) is 5.63. The molecular weight excluding hydrogens is 252 g/mol. The van der Waals surface area contributed by atoms with E-state index in [0.717, 1.165) is 0 Å². The number of carbonyl (C=O) groups excluding carboxylic acids is 1. The summed E-state index contributed by atoms with van der Waals surface area (Å²) < 4.78 is 5.35. The number of nitrogens with two attached hydrogens (primary N) is 1. The number of carbonyl (C=O) groups is 1. The van der Waals surface area contributed by atoms with Crippen molar-refractivity contribution in [2.75, 3.05) is 11.9 Å². The molecule has 0 aliphatic carbocycles. The van der Waals surface area contributed by atoms with Crippen molar-refractivity contribution in [3.05, 3.63) is 28.3 Å². The predicted molar refractivity (Wildman–Crippen MR) is 67.6 cm³/mol. The fraction of sp³-hybridized carbons (Fsp3) is 0.273. The normalized spacial score (nSPS) is 10.5. The van der Waals surface area contributed by atoms with Crippen molar-refractivity contribution in [2.45, 2.75) is 12.8 Å². The fourth-order valence-corrected chi connectivity index (χ4v) is 1.56. The number of hydrogen-bond donors (Lipinski definition) is 2. The molecule has 3 N–H and O–H groups in total. The van der Waals surface area contributed by atoms with Crippen molar-refractivity contribution in [1.29, 1.82) is 0 Å². The third-order valence-electron chi connectivity index (χ3n) is 2.46. The molecule has 0 spiro atoms. The Labute approximate surface area is 107 Å². The maximum absolute atomic E-state index is 10.6. The van der Waals surface area contributed by atoms with Crippen molar-refractivity contribution in [3.8, 4) is 0 Å². The van der Waals surface area contributed by atoms with Gasteiger partial charge in [-0.1, -0.05) is 0 Å². The van der Waals surface area contributed by atoms with Gasteiger partial charge in [-0.05, 0) is 12.5 Å². The van der Waals surface area contributed by atoms with Gasteiger partial charge >= 0.3 is 0 Å². The van der Waals surface area contributed by atoms with Crippen molar-refractivity contribution in [3.63, 3.8) is 0 Å². The Bertz CT molecular complexity index is 622. The largest absolute Gasteiger partial charge is 0.424 e. The number of fused-ring (bicyclic) bond motifs is 1. The van der Waals surface area contributed by atoms with Gasteiger partial charge in [0.25, 0.3) is 11.7 Å². The van der Waals surface area contributed by atoms with Crippen LogP contribution in [0.3, 0.4) is 0 Å². The number of primary amides is 1. The van der Waals surface area contributed by atoms with E-state index in [1.807, 2.05) is 0 Å².